The van der Waals surface area contributed by atoms with Gasteiger partial charge in [0.1, 0.15) is 10.7 Å². The van der Waals surface area contributed by atoms with Gasteiger partial charge in [0.15, 0.2) is 22.5 Å². The lowest BCUT2D eigenvalue weighted by molar-refractivity contribution is -0.137. The van der Waals surface area contributed by atoms with Crippen molar-refractivity contribution in [2.24, 2.45) is 0 Å². The number of halogens is 3. The second kappa shape index (κ2) is 13.3. The molecule has 43 heavy (non-hydrogen) atoms. The Kier molecular flexibility index (Phi) is 9.26. The van der Waals surface area contributed by atoms with E-state index in [-0.39, 0.29) is 17.3 Å². The summed E-state index contributed by atoms with van der Waals surface area (Å²) in [6.07, 6.45) is -0.774. The topological polar surface area (TPSA) is 104 Å². The molecule has 5 aromatic rings. The molecule has 0 aliphatic heterocycles. The Morgan fingerprint density at radius 2 is 1.81 bits per heavy atom. The number of carbonyl (C=O) groups is 1. The molecule has 9 nitrogen and oxygen atoms in total. The number of ether oxygens (including phenoxy) is 2. The number of aromatic nitrogens is 5. The molecule has 5 rings (SSSR count). The maximum Gasteiger partial charge on any atom is 0.416 e. The van der Waals surface area contributed by atoms with E-state index in [9.17, 15) is 18.0 Å². The lowest BCUT2D eigenvalue weighted by Gasteiger charge is -2.13. The number of hydrogen-bond acceptors (Lipinski definition) is 9. The Balaban J connectivity index is 1.28. The molecule has 0 saturated carbocycles. The zero-order valence-corrected chi connectivity index (χ0v) is 24.6. The number of carbonyl (C=O) groups excluding carboxylic acids is 1. The fourth-order valence-electron chi connectivity index (χ4n) is 4.16. The van der Waals surface area contributed by atoms with E-state index in [1.165, 1.54) is 29.2 Å². The van der Waals surface area contributed by atoms with Gasteiger partial charge in [-0.2, -0.15) is 13.2 Å². The summed E-state index contributed by atoms with van der Waals surface area (Å²) >= 11 is 2.57. The van der Waals surface area contributed by atoms with Gasteiger partial charge < -0.3 is 14.8 Å². The number of pyridine rings is 1. The highest BCUT2D eigenvalue weighted by molar-refractivity contribution is 7.98. The van der Waals surface area contributed by atoms with Gasteiger partial charge in [-0.1, -0.05) is 23.9 Å². The summed E-state index contributed by atoms with van der Waals surface area (Å²) in [6, 6.07) is 14.0. The quantitative estimate of drug-likeness (QED) is 0.176. The monoisotopic (exact) mass is 626 g/mol. The average molecular weight is 627 g/mol. The SMILES string of the molecule is COc1ccc(CCNC(=O)c2csc(CSc3nnc(-c4ccncc4)n3-c3cccc(C(F)(F)F)c3)n2)cc1OC. The molecular formula is C29H25F3N6O3S2. The number of thiazole rings is 1. The lowest BCUT2D eigenvalue weighted by atomic mass is 10.1. The van der Waals surface area contributed by atoms with Crippen molar-refractivity contribution in [3.63, 3.8) is 0 Å². The van der Waals surface area contributed by atoms with Crippen LogP contribution in [0.25, 0.3) is 17.1 Å². The molecule has 0 bridgehead atoms. The zero-order valence-electron chi connectivity index (χ0n) is 23.0. The van der Waals surface area contributed by atoms with Crippen molar-refractivity contribution in [1.29, 1.82) is 0 Å². The first-order valence-electron chi connectivity index (χ1n) is 12.9. The largest absolute Gasteiger partial charge is 0.493 e. The molecule has 2 aromatic carbocycles. The number of alkyl halides is 3. The van der Waals surface area contributed by atoms with Crippen LogP contribution >= 0.6 is 23.1 Å². The van der Waals surface area contributed by atoms with Crippen molar-refractivity contribution in [3.8, 4) is 28.6 Å². The number of thioether (sulfide) groups is 1. The van der Waals surface area contributed by atoms with Crippen LogP contribution in [0.15, 0.2) is 77.5 Å². The smallest absolute Gasteiger partial charge is 0.416 e. The number of nitrogens with zero attached hydrogens (tertiary/aromatic N) is 5. The number of methoxy groups -OCH3 is 2. The average Bonchev–Trinajstić information content (AvgIpc) is 3.67. The summed E-state index contributed by atoms with van der Waals surface area (Å²) in [5, 5.41) is 14.1. The van der Waals surface area contributed by atoms with Gasteiger partial charge >= 0.3 is 6.18 Å². The molecule has 0 aliphatic rings. The van der Waals surface area contributed by atoms with Gasteiger partial charge in [-0.15, -0.1) is 21.5 Å². The molecule has 0 unspecified atom stereocenters. The normalized spacial score (nSPS) is 11.4. The van der Waals surface area contributed by atoms with Crippen LogP contribution in [0.2, 0.25) is 0 Å². The summed E-state index contributed by atoms with van der Waals surface area (Å²) < 4.78 is 52.6. The van der Waals surface area contributed by atoms with Crippen LogP contribution < -0.4 is 14.8 Å². The third kappa shape index (κ3) is 7.14. The van der Waals surface area contributed by atoms with Crippen LogP contribution in [0.4, 0.5) is 13.2 Å². The third-order valence-electron chi connectivity index (χ3n) is 6.26. The Hall–Kier alpha value is -4.43. The van der Waals surface area contributed by atoms with E-state index in [0.717, 1.165) is 17.7 Å². The summed E-state index contributed by atoms with van der Waals surface area (Å²) in [7, 11) is 3.14. The van der Waals surface area contributed by atoms with Gasteiger partial charge in [0, 0.05) is 29.9 Å². The van der Waals surface area contributed by atoms with Gasteiger partial charge in [-0.25, -0.2) is 4.98 Å². The minimum Gasteiger partial charge on any atom is -0.493 e. The van der Waals surface area contributed by atoms with E-state index >= 15 is 0 Å². The number of benzene rings is 2. The predicted octanol–water partition coefficient (Wildman–Crippen LogP) is 6.09. The van der Waals surface area contributed by atoms with Crippen molar-refractivity contribution in [2.75, 3.05) is 20.8 Å². The number of rotatable bonds is 11. The van der Waals surface area contributed by atoms with Crippen molar-refractivity contribution in [2.45, 2.75) is 23.5 Å². The van der Waals surface area contributed by atoms with Crippen molar-refractivity contribution in [3.05, 3.63) is 94.2 Å². The number of nitrogens with one attached hydrogen (secondary N) is 1. The molecule has 14 heteroatoms. The molecule has 0 radical (unpaired) electrons. The summed E-state index contributed by atoms with van der Waals surface area (Å²) in [5.74, 6) is 1.64. The van der Waals surface area contributed by atoms with E-state index < -0.39 is 11.7 Å². The molecule has 1 amide bonds. The van der Waals surface area contributed by atoms with Crippen LogP contribution in [-0.2, 0) is 18.3 Å². The first-order valence-corrected chi connectivity index (χ1v) is 14.7. The Morgan fingerprint density at radius 3 is 2.56 bits per heavy atom. The molecular weight excluding hydrogens is 601 g/mol. The van der Waals surface area contributed by atoms with Gasteiger partial charge in [-0.05, 0) is 54.4 Å². The van der Waals surface area contributed by atoms with Crippen LogP contribution in [0.3, 0.4) is 0 Å². The third-order valence-corrected chi connectivity index (χ3v) is 8.23. The standard InChI is InChI=1S/C29H25F3N6O3S2/c1-40-23-7-6-18(14-24(23)41-2)8-13-34-27(39)22-16-42-25(35-22)17-43-28-37-36-26(19-9-11-33-12-10-19)38(28)21-5-3-4-20(15-21)29(30,31)32/h3-7,9-12,14-16H,8,13,17H2,1-2H3,(H,34,39). The first-order chi connectivity index (χ1) is 20.8. The fourth-order valence-corrected chi connectivity index (χ4v) is 5.90. The molecule has 222 valence electrons. The molecule has 0 fully saturated rings. The zero-order chi connectivity index (χ0) is 30.4. The summed E-state index contributed by atoms with van der Waals surface area (Å²) in [5.41, 5.74) is 1.39. The van der Waals surface area contributed by atoms with Crippen molar-refractivity contribution in [1.82, 2.24) is 30.0 Å². The fraction of sp³-hybridized carbons (Fsp3) is 0.207. The van der Waals surface area contributed by atoms with Gasteiger partial charge in [-0.3, -0.25) is 14.3 Å². The minimum atomic E-state index is -4.51. The highest BCUT2D eigenvalue weighted by Gasteiger charge is 2.31. The van der Waals surface area contributed by atoms with Crippen LogP contribution in [-0.4, -0.2) is 51.4 Å². The maximum atomic E-state index is 13.5. The van der Waals surface area contributed by atoms with Crippen molar-refractivity contribution >= 4 is 29.0 Å². The van der Waals surface area contributed by atoms with Gasteiger partial charge in [0.25, 0.3) is 5.91 Å². The van der Waals surface area contributed by atoms with E-state index in [1.54, 1.807) is 54.8 Å². The molecule has 1 N–H and O–H groups in total. The molecule has 0 saturated heterocycles. The Morgan fingerprint density at radius 1 is 1.02 bits per heavy atom. The maximum absolute atomic E-state index is 13.5. The van der Waals surface area contributed by atoms with E-state index in [0.29, 0.717) is 51.8 Å². The second-order valence-corrected chi connectivity index (χ2v) is 10.9. The highest BCUT2D eigenvalue weighted by Crippen LogP contribution is 2.34. The molecule has 3 heterocycles. The van der Waals surface area contributed by atoms with E-state index in [4.69, 9.17) is 9.47 Å². The lowest BCUT2D eigenvalue weighted by Crippen LogP contribution is -2.26. The summed E-state index contributed by atoms with van der Waals surface area (Å²) in [4.78, 5) is 21.2. The van der Waals surface area contributed by atoms with Crippen LogP contribution in [0.5, 0.6) is 11.5 Å². The van der Waals surface area contributed by atoms with E-state index in [2.05, 4.69) is 25.5 Å². The van der Waals surface area contributed by atoms with E-state index in [1.807, 2.05) is 18.2 Å². The molecule has 0 aliphatic carbocycles. The molecule has 3 aromatic heterocycles. The van der Waals surface area contributed by atoms with Gasteiger partial charge in [0.2, 0.25) is 0 Å². The molecule has 0 atom stereocenters. The minimum absolute atomic E-state index is 0.267. The van der Waals surface area contributed by atoms with Crippen molar-refractivity contribution < 1.29 is 27.4 Å². The second-order valence-electron chi connectivity index (χ2n) is 9.04. The van der Waals surface area contributed by atoms with Crippen LogP contribution in [0.1, 0.15) is 26.6 Å². The Bertz CT molecular complexity index is 1710. The number of hydrogen-bond donors (Lipinski definition) is 1. The van der Waals surface area contributed by atoms with Gasteiger partial charge in [0.05, 0.1) is 31.2 Å². The molecule has 0 spiro atoms. The summed E-state index contributed by atoms with van der Waals surface area (Å²) in [6.45, 7) is 0.397. The first kappa shape index (κ1) is 30.0. The highest BCUT2D eigenvalue weighted by atomic mass is 32.2. The number of amides is 1. The predicted molar refractivity (Wildman–Crippen MR) is 157 cm³/mol. The van der Waals surface area contributed by atoms with Crippen LogP contribution in [0, 0.1) is 0 Å². The Labute approximate surface area is 253 Å².